The number of rotatable bonds is 4. The van der Waals surface area contributed by atoms with Crippen molar-refractivity contribution in [3.63, 3.8) is 0 Å². The lowest BCUT2D eigenvalue weighted by atomic mass is 10.1. The van der Waals surface area contributed by atoms with E-state index in [2.05, 4.69) is 65.2 Å². The highest BCUT2D eigenvalue weighted by Crippen LogP contribution is 2.25. The zero-order valence-corrected chi connectivity index (χ0v) is 17.7. The number of morpholine rings is 1. The predicted octanol–water partition coefficient (Wildman–Crippen LogP) is 1.28. The minimum atomic E-state index is 0.224. The van der Waals surface area contributed by atoms with Crippen LogP contribution in [-0.2, 0) is 30.8 Å². The van der Waals surface area contributed by atoms with E-state index >= 15 is 0 Å². The molecule has 1 aromatic heterocycles. The van der Waals surface area contributed by atoms with Crippen LogP contribution in [-0.4, -0.2) is 76.0 Å². The lowest BCUT2D eigenvalue weighted by molar-refractivity contribution is -0.0502. The minimum Gasteiger partial charge on any atom is -0.373 e. The number of likely N-dealkylation sites (tertiary alicyclic amines) is 1. The number of nitrogens with one attached hydrogen (secondary N) is 1. The Balaban J connectivity index is 1.23. The third kappa shape index (κ3) is 3.94. The molecule has 30 heavy (non-hydrogen) atoms. The van der Waals surface area contributed by atoms with Gasteiger partial charge < -0.3 is 19.5 Å². The molecular weight excluding hydrogens is 378 g/mol. The summed E-state index contributed by atoms with van der Waals surface area (Å²) in [5.74, 6) is 3.04. The molecule has 0 amide bonds. The molecule has 0 bridgehead atoms. The van der Waals surface area contributed by atoms with Gasteiger partial charge in [-0.1, -0.05) is 30.3 Å². The summed E-state index contributed by atoms with van der Waals surface area (Å²) in [4.78, 5) is 9.44. The molecule has 2 fully saturated rings. The van der Waals surface area contributed by atoms with Crippen LogP contribution in [0.1, 0.15) is 30.1 Å². The van der Waals surface area contributed by atoms with E-state index in [-0.39, 0.29) is 6.10 Å². The normalized spacial score (nSPS) is 24.6. The molecule has 1 aromatic carbocycles. The first-order valence-electron chi connectivity index (χ1n) is 11.1. The van der Waals surface area contributed by atoms with Crippen molar-refractivity contribution in [1.29, 1.82) is 0 Å². The van der Waals surface area contributed by atoms with E-state index in [0.29, 0.717) is 12.6 Å². The molecule has 5 rings (SSSR count). The summed E-state index contributed by atoms with van der Waals surface area (Å²) in [5.41, 5.74) is 1.36. The van der Waals surface area contributed by atoms with Gasteiger partial charge in [0.1, 0.15) is 5.82 Å². The van der Waals surface area contributed by atoms with Gasteiger partial charge in [-0.05, 0) is 18.4 Å². The fourth-order valence-corrected chi connectivity index (χ4v) is 4.94. The standard InChI is InChI=1S/C22H31N7O/c1-23-22(24-13-21-26-25-20-9-5-6-10-29(20)21)28-15-18-19(16-28)30-12-11-27(18)14-17-7-3-2-4-8-17/h2-4,7-8,18-19H,5-6,9-16H2,1H3,(H,23,24). The molecular formula is C22H31N7O. The van der Waals surface area contributed by atoms with Gasteiger partial charge in [0, 0.05) is 46.2 Å². The lowest BCUT2D eigenvalue weighted by Crippen LogP contribution is -2.50. The molecule has 2 atom stereocenters. The van der Waals surface area contributed by atoms with Crippen molar-refractivity contribution in [2.75, 3.05) is 33.3 Å². The number of ether oxygens (including phenoxy) is 1. The van der Waals surface area contributed by atoms with Crippen LogP contribution in [0.5, 0.6) is 0 Å². The molecule has 0 aliphatic carbocycles. The average Bonchev–Trinajstić information content (AvgIpc) is 3.40. The molecule has 1 N–H and O–H groups in total. The third-order valence-electron chi connectivity index (χ3n) is 6.50. The average molecular weight is 410 g/mol. The largest absolute Gasteiger partial charge is 0.373 e. The van der Waals surface area contributed by atoms with Crippen molar-refractivity contribution >= 4 is 5.96 Å². The highest BCUT2D eigenvalue weighted by Gasteiger charge is 2.41. The van der Waals surface area contributed by atoms with Gasteiger partial charge in [-0.2, -0.15) is 0 Å². The van der Waals surface area contributed by atoms with Crippen molar-refractivity contribution in [3.05, 3.63) is 47.5 Å². The van der Waals surface area contributed by atoms with Gasteiger partial charge >= 0.3 is 0 Å². The number of benzene rings is 1. The van der Waals surface area contributed by atoms with Crippen LogP contribution in [0.4, 0.5) is 0 Å². The first-order chi connectivity index (χ1) is 14.8. The fraction of sp³-hybridized carbons (Fsp3) is 0.591. The third-order valence-corrected chi connectivity index (χ3v) is 6.50. The van der Waals surface area contributed by atoms with Gasteiger partial charge in [-0.25, -0.2) is 0 Å². The Morgan fingerprint density at radius 1 is 1.17 bits per heavy atom. The number of aromatic nitrogens is 3. The van der Waals surface area contributed by atoms with Crippen molar-refractivity contribution in [2.24, 2.45) is 4.99 Å². The molecule has 2 unspecified atom stereocenters. The number of fused-ring (bicyclic) bond motifs is 2. The van der Waals surface area contributed by atoms with E-state index < -0.39 is 0 Å². The summed E-state index contributed by atoms with van der Waals surface area (Å²) in [6.07, 6.45) is 3.67. The van der Waals surface area contributed by atoms with E-state index in [4.69, 9.17) is 4.74 Å². The van der Waals surface area contributed by atoms with Crippen molar-refractivity contribution < 1.29 is 4.74 Å². The Labute approximate surface area is 177 Å². The molecule has 3 aliphatic heterocycles. The maximum Gasteiger partial charge on any atom is 0.194 e. The van der Waals surface area contributed by atoms with Crippen LogP contribution in [0.2, 0.25) is 0 Å². The van der Waals surface area contributed by atoms with Gasteiger partial charge in [0.2, 0.25) is 0 Å². The maximum absolute atomic E-state index is 6.13. The minimum absolute atomic E-state index is 0.224. The quantitative estimate of drug-likeness (QED) is 0.606. The molecule has 4 heterocycles. The Morgan fingerprint density at radius 3 is 2.93 bits per heavy atom. The molecule has 0 spiro atoms. The number of aliphatic imine (C=N–C) groups is 1. The fourth-order valence-electron chi connectivity index (χ4n) is 4.94. The smallest absolute Gasteiger partial charge is 0.194 e. The van der Waals surface area contributed by atoms with E-state index in [1.165, 1.54) is 18.4 Å². The summed E-state index contributed by atoms with van der Waals surface area (Å²) in [5, 5.41) is 12.3. The van der Waals surface area contributed by atoms with Gasteiger partial charge in [-0.3, -0.25) is 9.89 Å². The Morgan fingerprint density at radius 2 is 2.07 bits per heavy atom. The zero-order valence-electron chi connectivity index (χ0n) is 17.7. The van der Waals surface area contributed by atoms with E-state index in [1.54, 1.807) is 0 Å². The van der Waals surface area contributed by atoms with Crippen LogP contribution in [0.3, 0.4) is 0 Å². The SMILES string of the molecule is CN=C(NCc1nnc2n1CCCC2)N1CC2OCCN(Cc3ccccc3)C2C1. The van der Waals surface area contributed by atoms with Crippen molar-refractivity contribution in [2.45, 2.75) is 51.0 Å². The molecule has 2 saturated heterocycles. The summed E-state index contributed by atoms with van der Waals surface area (Å²) >= 11 is 0. The zero-order chi connectivity index (χ0) is 20.3. The number of nitrogens with zero attached hydrogens (tertiary/aromatic N) is 6. The van der Waals surface area contributed by atoms with E-state index in [1.807, 2.05) is 7.05 Å². The van der Waals surface area contributed by atoms with Crippen molar-refractivity contribution in [3.8, 4) is 0 Å². The maximum atomic E-state index is 6.13. The lowest BCUT2D eigenvalue weighted by Gasteiger charge is -2.36. The summed E-state index contributed by atoms with van der Waals surface area (Å²) in [6, 6.07) is 11.1. The molecule has 8 heteroatoms. The predicted molar refractivity (Wildman–Crippen MR) is 115 cm³/mol. The summed E-state index contributed by atoms with van der Waals surface area (Å²) in [6.45, 7) is 6.20. The topological polar surface area (TPSA) is 70.8 Å². The molecule has 3 aliphatic rings. The molecule has 8 nitrogen and oxygen atoms in total. The van der Waals surface area contributed by atoms with Gasteiger partial charge in [-0.15, -0.1) is 10.2 Å². The first-order valence-corrected chi connectivity index (χ1v) is 11.1. The second kappa shape index (κ2) is 8.73. The second-order valence-electron chi connectivity index (χ2n) is 8.38. The number of hydrogen-bond donors (Lipinski definition) is 1. The first kappa shape index (κ1) is 19.5. The van der Waals surface area contributed by atoms with Crippen LogP contribution in [0.15, 0.2) is 35.3 Å². The second-order valence-corrected chi connectivity index (χ2v) is 8.38. The summed E-state index contributed by atoms with van der Waals surface area (Å²) < 4.78 is 8.39. The van der Waals surface area contributed by atoms with E-state index in [0.717, 1.165) is 63.4 Å². The van der Waals surface area contributed by atoms with Gasteiger partial charge in [0.05, 0.1) is 25.3 Å². The highest BCUT2D eigenvalue weighted by atomic mass is 16.5. The van der Waals surface area contributed by atoms with Crippen molar-refractivity contribution in [1.82, 2.24) is 29.9 Å². The monoisotopic (exact) mass is 409 g/mol. The Kier molecular flexibility index (Phi) is 5.68. The number of aryl methyl sites for hydroxylation is 1. The van der Waals surface area contributed by atoms with E-state index in [9.17, 15) is 0 Å². The van der Waals surface area contributed by atoms with Crippen LogP contribution < -0.4 is 5.32 Å². The Bertz CT molecular complexity index is 881. The number of guanidine groups is 1. The molecule has 0 saturated carbocycles. The van der Waals surface area contributed by atoms with Crippen LogP contribution in [0.25, 0.3) is 0 Å². The Hall–Kier alpha value is -2.45. The molecule has 2 aromatic rings. The van der Waals surface area contributed by atoms with Gasteiger partial charge in [0.15, 0.2) is 11.8 Å². The van der Waals surface area contributed by atoms with Crippen LogP contribution in [0, 0.1) is 0 Å². The van der Waals surface area contributed by atoms with Gasteiger partial charge in [0.25, 0.3) is 0 Å². The summed E-state index contributed by atoms with van der Waals surface area (Å²) in [7, 11) is 1.85. The number of hydrogen-bond acceptors (Lipinski definition) is 5. The highest BCUT2D eigenvalue weighted by molar-refractivity contribution is 5.80. The molecule has 0 radical (unpaired) electrons. The molecule has 160 valence electrons. The van der Waals surface area contributed by atoms with Crippen LogP contribution >= 0.6 is 0 Å².